The van der Waals surface area contributed by atoms with Crippen LogP contribution in [0.1, 0.15) is 77.0 Å². The zero-order valence-electron chi connectivity index (χ0n) is 19.6. The quantitative estimate of drug-likeness (QED) is 0.479. The van der Waals surface area contributed by atoms with E-state index in [0.29, 0.717) is 6.42 Å². The fraction of sp³-hybridized carbons (Fsp3) is 0.393. The number of carbonyl (C=O) groups is 1. The first-order valence-electron chi connectivity index (χ1n) is 11.2. The average molecular weight is 437 g/mol. The molecule has 0 heterocycles. The first-order valence-corrected chi connectivity index (χ1v) is 11.2. The topological polar surface area (TPSA) is 57.5 Å². The molecular formula is C28H33FO3. The van der Waals surface area contributed by atoms with E-state index in [1.807, 2.05) is 31.2 Å². The summed E-state index contributed by atoms with van der Waals surface area (Å²) in [5, 5.41) is 18.9. The lowest BCUT2D eigenvalue weighted by atomic mass is 9.62. The van der Waals surface area contributed by atoms with Crippen molar-refractivity contribution in [3.8, 4) is 5.75 Å². The molecule has 0 atom stereocenters. The molecule has 2 aromatic rings. The minimum atomic E-state index is -0.958. The highest BCUT2D eigenvalue weighted by atomic mass is 19.1. The van der Waals surface area contributed by atoms with Crippen LogP contribution in [0.5, 0.6) is 5.75 Å². The van der Waals surface area contributed by atoms with Gasteiger partial charge in [-0.2, -0.15) is 0 Å². The second-order valence-corrected chi connectivity index (χ2v) is 10.4. The number of aliphatic carboxylic acids is 1. The molecule has 0 saturated heterocycles. The van der Waals surface area contributed by atoms with Crippen molar-refractivity contribution in [3.63, 3.8) is 0 Å². The van der Waals surface area contributed by atoms with E-state index in [4.69, 9.17) is 5.11 Å². The van der Waals surface area contributed by atoms with Gasteiger partial charge >= 0.3 is 5.97 Å². The number of benzene rings is 2. The lowest BCUT2D eigenvalue weighted by molar-refractivity contribution is -0.131. The molecule has 1 aliphatic rings. The number of hydrogen-bond acceptors (Lipinski definition) is 2. The Morgan fingerprint density at radius 3 is 2.00 bits per heavy atom. The number of carboxylic acids is 1. The van der Waals surface area contributed by atoms with Crippen LogP contribution in [0.2, 0.25) is 0 Å². The number of hydrogen-bond donors (Lipinski definition) is 2. The standard InChI is InChI=1S/C28H33FO3/c1-6-18(14-25(31)32)19-7-9-20(10-8-19)26(21-11-12-24(30)23(29)13-21)22-15-27(2,3)17-28(4,5)16-22/h7-14,30H,6,15-17H2,1-5H3,(H,31,32)/b18-14+. The number of aromatic hydroxyl groups is 1. The van der Waals surface area contributed by atoms with Crippen LogP contribution in [0, 0.1) is 16.6 Å². The van der Waals surface area contributed by atoms with Gasteiger partial charge in [0.05, 0.1) is 0 Å². The smallest absolute Gasteiger partial charge is 0.328 e. The van der Waals surface area contributed by atoms with E-state index in [1.54, 1.807) is 6.07 Å². The maximum Gasteiger partial charge on any atom is 0.328 e. The highest BCUT2D eigenvalue weighted by Gasteiger charge is 2.37. The summed E-state index contributed by atoms with van der Waals surface area (Å²) in [6, 6.07) is 12.4. The SMILES string of the molecule is CC/C(=C\C(=O)O)c1ccc(C(=C2CC(C)(C)CC(C)(C)C2)c2ccc(O)c(F)c2)cc1. The zero-order valence-corrected chi connectivity index (χ0v) is 19.6. The summed E-state index contributed by atoms with van der Waals surface area (Å²) >= 11 is 0. The normalized spacial score (nSPS) is 17.8. The molecule has 0 unspecified atom stereocenters. The van der Waals surface area contributed by atoms with Crippen molar-refractivity contribution in [1.29, 1.82) is 0 Å². The van der Waals surface area contributed by atoms with Crippen molar-refractivity contribution < 1.29 is 19.4 Å². The van der Waals surface area contributed by atoms with Crippen LogP contribution in [0.15, 0.2) is 54.1 Å². The summed E-state index contributed by atoms with van der Waals surface area (Å²) in [5.41, 5.74) is 5.85. The third-order valence-electron chi connectivity index (χ3n) is 6.15. The fourth-order valence-electron chi connectivity index (χ4n) is 5.44. The van der Waals surface area contributed by atoms with Crippen molar-refractivity contribution in [2.45, 2.75) is 60.3 Å². The van der Waals surface area contributed by atoms with Gasteiger partial charge in [-0.1, -0.05) is 70.5 Å². The number of phenols is 1. The van der Waals surface area contributed by atoms with Crippen molar-refractivity contribution in [3.05, 3.63) is 76.6 Å². The molecule has 0 aliphatic heterocycles. The summed E-state index contributed by atoms with van der Waals surface area (Å²) < 4.78 is 14.3. The van der Waals surface area contributed by atoms with E-state index in [-0.39, 0.29) is 16.6 Å². The second-order valence-electron chi connectivity index (χ2n) is 10.4. The van der Waals surface area contributed by atoms with E-state index < -0.39 is 11.8 Å². The van der Waals surface area contributed by atoms with Gasteiger partial charge in [0, 0.05) is 6.08 Å². The molecule has 0 spiro atoms. The Morgan fingerprint density at radius 1 is 0.969 bits per heavy atom. The zero-order chi connectivity index (χ0) is 23.7. The minimum Gasteiger partial charge on any atom is -0.505 e. The first-order chi connectivity index (χ1) is 14.9. The van der Waals surface area contributed by atoms with Gasteiger partial charge in [0.25, 0.3) is 0 Å². The van der Waals surface area contributed by atoms with Crippen LogP contribution in [0.4, 0.5) is 4.39 Å². The summed E-state index contributed by atoms with van der Waals surface area (Å²) in [6.45, 7) is 11.0. The van der Waals surface area contributed by atoms with Gasteiger partial charge in [-0.3, -0.25) is 0 Å². The van der Waals surface area contributed by atoms with Crippen molar-refractivity contribution in [1.82, 2.24) is 0 Å². The highest BCUT2D eigenvalue weighted by molar-refractivity contribution is 5.90. The second kappa shape index (κ2) is 8.93. The number of rotatable bonds is 5. The fourth-order valence-corrected chi connectivity index (χ4v) is 5.44. The maximum absolute atomic E-state index is 14.3. The van der Waals surface area contributed by atoms with E-state index in [9.17, 15) is 14.3 Å². The van der Waals surface area contributed by atoms with Crippen LogP contribution in [0.25, 0.3) is 11.1 Å². The molecule has 1 fully saturated rings. The Morgan fingerprint density at radius 2 is 1.50 bits per heavy atom. The van der Waals surface area contributed by atoms with Crippen LogP contribution in [-0.4, -0.2) is 16.2 Å². The molecule has 1 saturated carbocycles. The molecule has 0 bridgehead atoms. The number of carboxylic acid groups (broad SMARTS) is 1. The van der Waals surface area contributed by atoms with Crippen LogP contribution < -0.4 is 0 Å². The molecule has 1 aliphatic carbocycles. The van der Waals surface area contributed by atoms with E-state index in [0.717, 1.165) is 47.1 Å². The summed E-state index contributed by atoms with van der Waals surface area (Å²) in [5.74, 6) is -1.95. The number of allylic oxidation sites excluding steroid dienone is 2. The predicted octanol–water partition coefficient (Wildman–Crippen LogP) is 7.45. The van der Waals surface area contributed by atoms with E-state index in [1.165, 1.54) is 23.8 Å². The van der Waals surface area contributed by atoms with E-state index >= 15 is 0 Å². The molecule has 0 amide bonds. The molecule has 4 heteroatoms. The summed E-state index contributed by atoms with van der Waals surface area (Å²) in [7, 11) is 0. The Labute approximate surface area is 190 Å². The van der Waals surface area contributed by atoms with Crippen LogP contribution in [-0.2, 0) is 4.79 Å². The Balaban J connectivity index is 2.18. The largest absolute Gasteiger partial charge is 0.505 e. The van der Waals surface area contributed by atoms with Crippen LogP contribution >= 0.6 is 0 Å². The monoisotopic (exact) mass is 436 g/mol. The molecule has 3 rings (SSSR count). The van der Waals surface area contributed by atoms with Gasteiger partial charge in [0.15, 0.2) is 11.6 Å². The molecule has 0 radical (unpaired) electrons. The Bertz CT molecular complexity index is 1050. The Kier molecular flexibility index (Phi) is 6.64. The van der Waals surface area contributed by atoms with Crippen molar-refractivity contribution >= 4 is 17.1 Å². The molecular weight excluding hydrogens is 403 g/mol. The third-order valence-corrected chi connectivity index (χ3v) is 6.15. The van der Waals surface area contributed by atoms with Crippen molar-refractivity contribution in [2.24, 2.45) is 10.8 Å². The van der Waals surface area contributed by atoms with Gasteiger partial charge in [-0.25, -0.2) is 9.18 Å². The molecule has 2 aromatic carbocycles. The lowest BCUT2D eigenvalue weighted by Crippen LogP contribution is -2.30. The third kappa shape index (κ3) is 5.48. The van der Waals surface area contributed by atoms with Gasteiger partial charge in [-0.05, 0) is 76.5 Å². The van der Waals surface area contributed by atoms with Crippen molar-refractivity contribution in [2.75, 3.05) is 0 Å². The highest BCUT2D eigenvalue weighted by Crippen LogP contribution is 2.51. The van der Waals surface area contributed by atoms with Gasteiger partial charge < -0.3 is 10.2 Å². The molecule has 32 heavy (non-hydrogen) atoms. The number of phenolic OH excluding ortho intramolecular Hbond substituents is 1. The molecule has 0 aromatic heterocycles. The number of halogens is 1. The van der Waals surface area contributed by atoms with E-state index in [2.05, 4.69) is 27.7 Å². The first kappa shape index (κ1) is 23.8. The lowest BCUT2D eigenvalue weighted by Gasteiger charge is -2.43. The van der Waals surface area contributed by atoms with Gasteiger partial charge in [0.2, 0.25) is 0 Å². The predicted molar refractivity (Wildman–Crippen MR) is 128 cm³/mol. The average Bonchev–Trinajstić information content (AvgIpc) is 2.67. The van der Waals surface area contributed by atoms with Gasteiger partial charge in [0.1, 0.15) is 0 Å². The molecule has 170 valence electrons. The van der Waals surface area contributed by atoms with Crippen LogP contribution in [0.3, 0.4) is 0 Å². The minimum absolute atomic E-state index is 0.122. The summed E-state index contributed by atoms with van der Waals surface area (Å²) in [4.78, 5) is 11.2. The van der Waals surface area contributed by atoms with Gasteiger partial charge in [-0.15, -0.1) is 0 Å². The molecule has 2 N–H and O–H groups in total. The molecule has 3 nitrogen and oxygen atoms in total. The Hall–Kier alpha value is -2.88. The maximum atomic E-state index is 14.3. The summed E-state index contributed by atoms with van der Waals surface area (Å²) in [6.07, 6.45) is 4.80.